The molecule has 204 valence electrons. The first-order valence-corrected chi connectivity index (χ1v) is 14.6. The van der Waals surface area contributed by atoms with Crippen molar-refractivity contribution in [2.75, 3.05) is 11.5 Å². The zero-order valence-electron chi connectivity index (χ0n) is 22.0. The maximum Gasteiger partial charge on any atom is 0.333 e. The van der Waals surface area contributed by atoms with Crippen LogP contribution >= 0.6 is 11.8 Å². The van der Waals surface area contributed by atoms with Gasteiger partial charge in [-0.05, 0) is 87.6 Å². The number of carbonyl (C=O) groups excluding carboxylic acids is 1. The number of aromatic nitrogens is 5. The molecule has 6 rings (SSSR count). The highest BCUT2D eigenvalue weighted by molar-refractivity contribution is 7.99. The van der Waals surface area contributed by atoms with E-state index in [0.717, 1.165) is 41.8 Å². The predicted octanol–water partition coefficient (Wildman–Crippen LogP) is 3.94. The van der Waals surface area contributed by atoms with Crippen molar-refractivity contribution >= 4 is 34.3 Å². The van der Waals surface area contributed by atoms with Gasteiger partial charge in [0.15, 0.2) is 0 Å². The van der Waals surface area contributed by atoms with Gasteiger partial charge in [0.25, 0.3) is 11.5 Å². The molecule has 1 aliphatic heterocycles. The highest BCUT2D eigenvalue weighted by atomic mass is 32.2. The Labute approximate surface area is 228 Å². The minimum Gasteiger partial charge on any atom is -0.348 e. The van der Waals surface area contributed by atoms with Crippen molar-refractivity contribution in [1.82, 2.24) is 28.8 Å². The molecule has 1 N–H and O–H groups in total. The average molecular weight is 551 g/mol. The fourth-order valence-electron chi connectivity index (χ4n) is 6.07. The first-order chi connectivity index (χ1) is 18.8. The van der Waals surface area contributed by atoms with E-state index in [4.69, 9.17) is 0 Å². The summed E-state index contributed by atoms with van der Waals surface area (Å²) in [6.07, 6.45) is 6.89. The molecule has 0 aromatic carbocycles. The lowest BCUT2D eigenvalue weighted by Gasteiger charge is -2.31. The quantitative estimate of drug-likeness (QED) is 0.413. The van der Waals surface area contributed by atoms with Gasteiger partial charge in [0.2, 0.25) is 0 Å². The van der Waals surface area contributed by atoms with Gasteiger partial charge in [0.1, 0.15) is 22.8 Å². The maximum atomic E-state index is 14.2. The van der Waals surface area contributed by atoms with Crippen molar-refractivity contribution in [3.05, 3.63) is 74.2 Å². The third kappa shape index (κ3) is 4.66. The standard InChI is InChI=1S/C28H31FN6O3S/c1-16-7-10-33-23(13-16)31-17(2)24(33)26(36)32-19-3-5-20(6-4-19)35-27(37)22-14-18(29)15-30-25(22)34(28(35)38)21-8-11-39-12-9-21/h7,10,13-15,19-21H,3-6,8-9,11-12H2,1-2H3,(H,32,36). The lowest BCUT2D eigenvalue weighted by molar-refractivity contribution is 0.0915. The third-order valence-electron chi connectivity index (χ3n) is 8.05. The van der Waals surface area contributed by atoms with Crippen LogP contribution in [0.4, 0.5) is 4.39 Å². The topological polar surface area (TPSA) is 103 Å². The Hall–Kier alpha value is -3.47. The van der Waals surface area contributed by atoms with Crippen LogP contribution in [0.3, 0.4) is 0 Å². The van der Waals surface area contributed by atoms with Crippen molar-refractivity contribution in [2.45, 2.75) is 70.5 Å². The van der Waals surface area contributed by atoms with Gasteiger partial charge < -0.3 is 5.32 Å². The summed E-state index contributed by atoms with van der Waals surface area (Å²) in [5, 5.41) is 3.28. The first-order valence-electron chi connectivity index (χ1n) is 13.5. The summed E-state index contributed by atoms with van der Waals surface area (Å²) in [6, 6.07) is 4.60. The van der Waals surface area contributed by atoms with E-state index < -0.39 is 11.4 Å². The van der Waals surface area contributed by atoms with Crippen LogP contribution < -0.4 is 16.6 Å². The Balaban J connectivity index is 1.26. The molecule has 9 nitrogen and oxygen atoms in total. The number of imidazole rings is 1. The van der Waals surface area contributed by atoms with Crippen LogP contribution in [-0.2, 0) is 0 Å². The summed E-state index contributed by atoms with van der Waals surface area (Å²) in [6.45, 7) is 3.81. The number of halogens is 1. The van der Waals surface area contributed by atoms with E-state index in [0.29, 0.717) is 37.1 Å². The van der Waals surface area contributed by atoms with Gasteiger partial charge >= 0.3 is 5.69 Å². The second kappa shape index (κ2) is 10.3. The number of aryl methyl sites for hydroxylation is 2. The number of amides is 1. The molecule has 0 atom stereocenters. The molecule has 0 unspecified atom stereocenters. The molecule has 2 fully saturated rings. The highest BCUT2D eigenvalue weighted by Crippen LogP contribution is 2.30. The number of hydrogen-bond acceptors (Lipinski definition) is 6. The molecule has 11 heteroatoms. The monoisotopic (exact) mass is 550 g/mol. The number of thioether (sulfide) groups is 1. The van der Waals surface area contributed by atoms with Gasteiger partial charge in [0, 0.05) is 24.3 Å². The molecule has 1 saturated carbocycles. The third-order valence-corrected chi connectivity index (χ3v) is 9.10. The normalized spacial score (nSPS) is 20.5. The van der Waals surface area contributed by atoms with Gasteiger partial charge in [-0.15, -0.1) is 0 Å². The average Bonchev–Trinajstić information content (AvgIpc) is 3.25. The fraction of sp³-hybridized carbons (Fsp3) is 0.464. The van der Waals surface area contributed by atoms with Gasteiger partial charge in [0.05, 0.1) is 17.3 Å². The second-order valence-corrected chi connectivity index (χ2v) is 11.9. The molecule has 1 saturated heterocycles. The van der Waals surface area contributed by atoms with E-state index in [-0.39, 0.29) is 40.8 Å². The van der Waals surface area contributed by atoms with E-state index in [1.807, 2.05) is 43.9 Å². The number of nitrogens with zero attached hydrogens (tertiary/aromatic N) is 5. The SMILES string of the molecule is Cc1ccn2c(C(=O)NC3CCC(n4c(=O)c5cc(F)cnc5n(C5CCSCC5)c4=O)CC3)c(C)nc2c1. The summed E-state index contributed by atoms with van der Waals surface area (Å²) in [7, 11) is 0. The Morgan fingerprint density at radius 3 is 2.49 bits per heavy atom. The van der Waals surface area contributed by atoms with Crippen molar-refractivity contribution in [3.8, 4) is 0 Å². The van der Waals surface area contributed by atoms with Crippen molar-refractivity contribution in [3.63, 3.8) is 0 Å². The number of fused-ring (bicyclic) bond motifs is 2. The number of nitrogens with one attached hydrogen (secondary N) is 1. The summed E-state index contributed by atoms with van der Waals surface area (Å²) in [4.78, 5) is 49.2. The summed E-state index contributed by atoms with van der Waals surface area (Å²) in [5.41, 5.74) is 2.38. The molecule has 1 aliphatic carbocycles. The molecule has 1 amide bonds. The molecular formula is C28H31FN6O3S. The van der Waals surface area contributed by atoms with Crippen LogP contribution in [0.5, 0.6) is 0 Å². The molecule has 2 aliphatic rings. The lowest BCUT2D eigenvalue weighted by atomic mass is 9.90. The molecule has 5 heterocycles. The van der Waals surface area contributed by atoms with Crippen LogP contribution in [0.2, 0.25) is 0 Å². The predicted molar refractivity (Wildman–Crippen MR) is 149 cm³/mol. The first kappa shape index (κ1) is 25.8. The Morgan fingerprint density at radius 2 is 1.74 bits per heavy atom. The van der Waals surface area contributed by atoms with Crippen molar-refractivity contribution in [1.29, 1.82) is 0 Å². The minimum absolute atomic E-state index is 0.0702. The molecule has 0 bridgehead atoms. The van der Waals surface area contributed by atoms with Gasteiger partial charge in [-0.1, -0.05) is 0 Å². The van der Waals surface area contributed by atoms with E-state index in [2.05, 4.69) is 15.3 Å². The van der Waals surface area contributed by atoms with Crippen molar-refractivity contribution < 1.29 is 9.18 Å². The minimum atomic E-state index is -0.597. The second-order valence-electron chi connectivity index (χ2n) is 10.7. The molecule has 4 aromatic rings. The van der Waals surface area contributed by atoms with Gasteiger partial charge in [-0.3, -0.25) is 23.1 Å². The van der Waals surface area contributed by atoms with E-state index >= 15 is 0 Å². The number of hydrogen-bond donors (Lipinski definition) is 1. The molecule has 4 aromatic heterocycles. The van der Waals surface area contributed by atoms with E-state index in [9.17, 15) is 18.8 Å². The number of carbonyl (C=O) groups is 1. The van der Waals surface area contributed by atoms with Crippen LogP contribution in [-0.4, -0.2) is 47.0 Å². The summed E-state index contributed by atoms with van der Waals surface area (Å²) in [5.74, 6) is 1.07. The molecular weight excluding hydrogens is 519 g/mol. The number of rotatable bonds is 4. The molecule has 0 radical (unpaired) electrons. The molecule has 0 spiro atoms. The summed E-state index contributed by atoms with van der Waals surface area (Å²) < 4.78 is 18.9. The smallest absolute Gasteiger partial charge is 0.333 e. The Kier molecular flexibility index (Phi) is 6.78. The fourth-order valence-corrected chi connectivity index (χ4v) is 7.15. The van der Waals surface area contributed by atoms with E-state index in [1.165, 1.54) is 10.6 Å². The Bertz CT molecular complexity index is 1700. The maximum absolute atomic E-state index is 14.2. The lowest BCUT2D eigenvalue weighted by Crippen LogP contribution is -2.46. The Morgan fingerprint density at radius 1 is 1.03 bits per heavy atom. The van der Waals surface area contributed by atoms with Crippen molar-refractivity contribution in [2.24, 2.45) is 0 Å². The van der Waals surface area contributed by atoms with Crippen LogP contribution in [0, 0.1) is 19.7 Å². The van der Waals surface area contributed by atoms with Gasteiger partial charge in [-0.25, -0.2) is 19.2 Å². The molecule has 39 heavy (non-hydrogen) atoms. The zero-order valence-corrected chi connectivity index (χ0v) is 22.8. The largest absolute Gasteiger partial charge is 0.348 e. The van der Waals surface area contributed by atoms with Gasteiger partial charge in [-0.2, -0.15) is 11.8 Å². The summed E-state index contributed by atoms with van der Waals surface area (Å²) >= 11 is 1.84. The highest BCUT2D eigenvalue weighted by Gasteiger charge is 2.30. The van der Waals surface area contributed by atoms with Crippen LogP contribution in [0.1, 0.15) is 72.4 Å². The van der Waals surface area contributed by atoms with E-state index in [1.54, 1.807) is 8.97 Å². The van der Waals surface area contributed by atoms with Crippen LogP contribution in [0.15, 0.2) is 40.2 Å². The zero-order chi connectivity index (χ0) is 27.3. The van der Waals surface area contributed by atoms with Crippen LogP contribution in [0.25, 0.3) is 16.7 Å². The number of pyridine rings is 2.